The van der Waals surface area contributed by atoms with Crippen molar-refractivity contribution in [1.82, 2.24) is 3.71 Å². The number of hydrogen-bond acceptors (Lipinski definition) is 4. The lowest BCUT2D eigenvalue weighted by atomic mass is 10.1. The molecular formula is C16H18N2O2S2. The Labute approximate surface area is 135 Å². The second kappa shape index (κ2) is 6.32. The second-order valence-corrected chi connectivity index (χ2v) is 8.44. The van der Waals surface area contributed by atoms with Crippen molar-refractivity contribution in [3.63, 3.8) is 0 Å². The van der Waals surface area contributed by atoms with Crippen molar-refractivity contribution in [2.24, 2.45) is 0 Å². The van der Waals surface area contributed by atoms with Crippen LogP contribution in [0.1, 0.15) is 5.56 Å². The van der Waals surface area contributed by atoms with E-state index >= 15 is 0 Å². The summed E-state index contributed by atoms with van der Waals surface area (Å²) in [5, 5.41) is 3.37. The van der Waals surface area contributed by atoms with Gasteiger partial charge in [-0.05, 0) is 36.1 Å². The van der Waals surface area contributed by atoms with Gasteiger partial charge in [-0.25, -0.2) is 8.42 Å². The summed E-state index contributed by atoms with van der Waals surface area (Å²) in [6.45, 7) is 0.589. The maximum absolute atomic E-state index is 12.2. The third-order valence-electron chi connectivity index (χ3n) is 3.54. The van der Waals surface area contributed by atoms with E-state index in [0.29, 0.717) is 13.0 Å². The number of anilines is 1. The number of para-hydroxylation sites is 1. The van der Waals surface area contributed by atoms with Crippen molar-refractivity contribution in [3.8, 4) is 0 Å². The van der Waals surface area contributed by atoms with Crippen molar-refractivity contribution in [2.45, 2.75) is 17.4 Å². The van der Waals surface area contributed by atoms with Crippen LogP contribution in [0.25, 0.3) is 0 Å². The molecule has 0 aliphatic carbocycles. The predicted octanol–water partition coefficient (Wildman–Crippen LogP) is 2.99. The minimum absolute atomic E-state index is 0.130. The van der Waals surface area contributed by atoms with E-state index in [-0.39, 0.29) is 6.04 Å². The van der Waals surface area contributed by atoms with Crippen LogP contribution < -0.4 is 5.32 Å². The van der Waals surface area contributed by atoms with Crippen molar-refractivity contribution in [1.29, 1.82) is 0 Å². The lowest BCUT2D eigenvalue weighted by Gasteiger charge is -2.26. The number of sulfonamides is 1. The van der Waals surface area contributed by atoms with Crippen LogP contribution in [0.3, 0.4) is 0 Å². The summed E-state index contributed by atoms with van der Waals surface area (Å²) in [5.41, 5.74) is 2.12. The van der Waals surface area contributed by atoms with Gasteiger partial charge in [0.2, 0.25) is 10.0 Å². The highest BCUT2D eigenvalue weighted by atomic mass is 32.3. The molecule has 0 amide bonds. The standard InChI is InChI=1S/C16H18N2O2S2/c1-22(19,20)18-14(11-13-7-3-2-4-8-13)12-17-15-9-5-6-10-16(15)21-18/h2-10,14,17H,11-12H2,1H3. The SMILES string of the molecule is CS(=O)(=O)N1Sc2ccccc2NCC1Cc1ccccc1. The molecule has 4 nitrogen and oxygen atoms in total. The molecule has 2 aromatic carbocycles. The van der Waals surface area contributed by atoms with Crippen molar-refractivity contribution >= 4 is 27.7 Å². The average Bonchev–Trinajstić information content (AvgIpc) is 2.68. The van der Waals surface area contributed by atoms with E-state index < -0.39 is 10.0 Å². The quantitative estimate of drug-likeness (QED) is 0.877. The summed E-state index contributed by atoms with van der Waals surface area (Å²) in [6, 6.07) is 17.7. The van der Waals surface area contributed by atoms with Crippen molar-refractivity contribution < 1.29 is 8.42 Å². The lowest BCUT2D eigenvalue weighted by Crippen LogP contribution is -2.39. The summed E-state index contributed by atoms with van der Waals surface area (Å²) in [6.07, 6.45) is 1.95. The van der Waals surface area contributed by atoms with Gasteiger partial charge in [-0.2, -0.15) is 0 Å². The van der Waals surface area contributed by atoms with E-state index in [1.165, 1.54) is 21.9 Å². The Morgan fingerprint density at radius 2 is 1.82 bits per heavy atom. The molecule has 0 fully saturated rings. The van der Waals surface area contributed by atoms with Gasteiger partial charge in [0.25, 0.3) is 0 Å². The molecule has 0 saturated carbocycles. The zero-order chi connectivity index (χ0) is 15.6. The lowest BCUT2D eigenvalue weighted by molar-refractivity contribution is 0.472. The van der Waals surface area contributed by atoms with Gasteiger partial charge >= 0.3 is 0 Å². The molecule has 1 aliphatic heterocycles. The van der Waals surface area contributed by atoms with E-state index in [0.717, 1.165) is 16.1 Å². The summed E-state index contributed by atoms with van der Waals surface area (Å²) in [4.78, 5) is 0.934. The first-order valence-electron chi connectivity index (χ1n) is 7.08. The summed E-state index contributed by atoms with van der Waals surface area (Å²) >= 11 is 1.29. The van der Waals surface area contributed by atoms with Gasteiger partial charge in [0.05, 0.1) is 12.3 Å². The van der Waals surface area contributed by atoms with Gasteiger partial charge in [-0.3, -0.25) is 0 Å². The van der Waals surface area contributed by atoms with E-state index in [4.69, 9.17) is 0 Å². The molecule has 6 heteroatoms. The van der Waals surface area contributed by atoms with Crippen LogP contribution >= 0.6 is 11.9 Å². The zero-order valence-electron chi connectivity index (χ0n) is 12.3. The molecule has 0 aromatic heterocycles. The third-order valence-corrected chi connectivity index (χ3v) is 6.56. The van der Waals surface area contributed by atoms with E-state index in [9.17, 15) is 8.42 Å². The molecule has 22 heavy (non-hydrogen) atoms. The Morgan fingerprint density at radius 1 is 1.14 bits per heavy atom. The third kappa shape index (κ3) is 3.45. The summed E-state index contributed by atoms with van der Waals surface area (Å²) < 4.78 is 26.0. The molecule has 2 aromatic rings. The molecule has 0 saturated heterocycles. The van der Waals surface area contributed by atoms with Gasteiger partial charge in [0.15, 0.2) is 0 Å². The first-order chi connectivity index (χ1) is 10.5. The first-order valence-corrected chi connectivity index (χ1v) is 9.70. The fraction of sp³-hybridized carbons (Fsp3) is 0.250. The van der Waals surface area contributed by atoms with Crippen LogP contribution in [0.4, 0.5) is 5.69 Å². The molecule has 1 unspecified atom stereocenters. The number of nitrogens with zero attached hydrogens (tertiary/aromatic N) is 1. The van der Waals surface area contributed by atoms with Crippen LogP contribution in [0, 0.1) is 0 Å². The minimum Gasteiger partial charge on any atom is -0.382 e. The van der Waals surface area contributed by atoms with Crippen LogP contribution in [0.2, 0.25) is 0 Å². The molecular weight excluding hydrogens is 316 g/mol. The highest BCUT2D eigenvalue weighted by Crippen LogP contribution is 2.36. The number of hydrogen-bond donors (Lipinski definition) is 1. The molecule has 0 spiro atoms. The molecule has 0 bridgehead atoms. The number of fused-ring (bicyclic) bond motifs is 1. The molecule has 1 heterocycles. The Hall–Kier alpha value is -1.50. The summed E-state index contributed by atoms with van der Waals surface area (Å²) in [5.74, 6) is 0. The highest BCUT2D eigenvalue weighted by molar-refractivity contribution is 8.08. The van der Waals surface area contributed by atoms with Gasteiger partial charge in [-0.1, -0.05) is 42.5 Å². The van der Waals surface area contributed by atoms with Crippen LogP contribution in [-0.2, 0) is 16.4 Å². The molecule has 1 aliphatic rings. The molecule has 0 radical (unpaired) electrons. The molecule has 1 atom stereocenters. The fourth-order valence-electron chi connectivity index (χ4n) is 2.54. The second-order valence-electron chi connectivity index (χ2n) is 5.33. The fourth-order valence-corrected chi connectivity index (χ4v) is 4.88. The Balaban J connectivity index is 1.92. The maximum atomic E-state index is 12.2. The summed E-state index contributed by atoms with van der Waals surface area (Å²) in [7, 11) is -3.30. The highest BCUT2D eigenvalue weighted by Gasteiger charge is 2.31. The largest absolute Gasteiger partial charge is 0.382 e. The van der Waals surface area contributed by atoms with Crippen LogP contribution in [-0.4, -0.2) is 31.0 Å². The van der Waals surface area contributed by atoms with Gasteiger partial charge in [0, 0.05) is 17.1 Å². The topological polar surface area (TPSA) is 49.4 Å². The van der Waals surface area contributed by atoms with Crippen LogP contribution in [0.5, 0.6) is 0 Å². The van der Waals surface area contributed by atoms with Gasteiger partial charge in [0.1, 0.15) is 0 Å². The Bertz CT molecular complexity index is 748. The Morgan fingerprint density at radius 3 is 2.55 bits per heavy atom. The monoisotopic (exact) mass is 334 g/mol. The molecule has 1 N–H and O–H groups in total. The maximum Gasteiger partial charge on any atom is 0.221 e. The van der Waals surface area contributed by atoms with Crippen molar-refractivity contribution in [2.75, 3.05) is 18.1 Å². The zero-order valence-corrected chi connectivity index (χ0v) is 13.9. The Kier molecular flexibility index (Phi) is 4.42. The minimum atomic E-state index is -3.30. The number of benzene rings is 2. The van der Waals surface area contributed by atoms with E-state index in [1.807, 2.05) is 54.6 Å². The number of nitrogens with one attached hydrogen (secondary N) is 1. The average molecular weight is 334 g/mol. The van der Waals surface area contributed by atoms with Gasteiger partial charge < -0.3 is 5.32 Å². The first kappa shape index (κ1) is 15.4. The van der Waals surface area contributed by atoms with Crippen molar-refractivity contribution in [3.05, 3.63) is 60.2 Å². The smallest absolute Gasteiger partial charge is 0.221 e. The van der Waals surface area contributed by atoms with Crippen LogP contribution in [0.15, 0.2) is 59.5 Å². The molecule has 116 valence electrons. The molecule has 3 rings (SSSR count). The normalized spacial score (nSPS) is 19.0. The van der Waals surface area contributed by atoms with E-state index in [1.54, 1.807) is 0 Å². The van der Waals surface area contributed by atoms with Gasteiger partial charge in [-0.15, -0.1) is 3.71 Å². The van der Waals surface area contributed by atoms with E-state index in [2.05, 4.69) is 5.32 Å². The predicted molar refractivity (Wildman–Crippen MR) is 91.4 cm³/mol. The number of rotatable bonds is 3.